The van der Waals surface area contributed by atoms with Crippen LogP contribution in [0.2, 0.25) is 0 Å². The molecule has 15 heteroatoms. The van der Waals surface area contributed by atoms with Gasteiger partial charge in [0.05, 0.1) is 40.8 Å². The van der Waals surface area contributed by atoms with E-state index in [-0.39, 0.29) is 17.3 Å². The topological polar surface area (TPSA) is 177 Å². The minimum Gasteiger partial charge on any atom is -0.493 e. The predicted octanol–water partition coefficient (Wildman–Crippen LogP) is -0.146. The number of carbonyl (C=O) groups is 1. The second-order valence-electron chi connectivity index (χ2n) is 7.28. The van der Waals surface area contributed by atoms with Crippen LogP contribution in [0.5, 0.6) is 17.2 Å². The number of hydrazone groups is 1. The number of hydrogen-bond donors (Lipinski definition) is 2. The van der Waals surface area contributed by atoms with Crippen molar-refractivity contribution in [1.82, 2.24) is 35.6 Å². The molecule has 0 radical (unpaired) electrons. The molecule has 0 aliphatic carbocycles. The smallest absolute Gasteiger partial charge is 0.292 e. The van der Waals surface area contributed by atoms with Gasteiger partial charge in [0.25, 0.3) is 5.91 Å². The molecule has 0 atom stereocenters. The minimum absolute atomic E-state index is 0.0413. The first-order chi connectivity index (χ1) is 17.1. The van der Waals surface area contributed by atoms with Crippen molar-refractivity contribution in [3.05, 3.63) is 29.1 Å². The second-order valence-corrected chi connectivity index (χ2v) is 7.28. The van der Waals surface area contributed by atoms with Crippen LogP contribution in [-0.2, 0) is 11.3 Å². The average Bonchev–Trinajstić information content (AvgIpc) is 3.49. The lowest BCUT2D eigenvalue weighted by Crippen LogP contribution is -2.36. The molecule has 1 aliphatic rings. The summed E-state index contributed by atoms with van der Waals surface area (Å²) in [5.41, 5.74) is 9.36. The van der Waals surface area contributed by atoms with Gasteiger partial charge in [-0.25, -0.2) is 10.1 Å². The molecule has 0 bridgehead atoms. The van der Waals surface area contributed by atoms with E-state index in [9.17, 15) is 4.79 Å². The van der Waals surface area contributed by atoms with Crippen LogP contribution >= 0.6 is 0 Å². The zero-order valence-electron chi connectivity index (χ0n) is 19.4. The number of carbonyl (C=O) groups excluding carboxylic acids is 1. The third-order valence-corrected chi connectivity index (χ3v) is 5.23. The first kappa shape index (κ1) is 23.9. The maximum Gasteiger partial charge on any atom is 0.292 e. The van der Waals surface area contributed by atoms with Crippen LogP contribution in [0.1, 0.15) is 21.7 Å². The van der Waals surface area contributed by atoms with Crippen molar-refractivity contribution in [2.75, 3.05) is 53.4 Å². The van der Waals surface area contributed by atoms with Gasteiger partial charge in [-0.15, -0.1) is 5.10 Å². The summed E-state index contributed by atoms with van der Waals surface area (Å²) in [5, 5.41) is 19.6. The number of rotatable bonds is 9. The zero-order valence-corrected chi connectivity index (χ0v) is 19.4. The van der Waals surface area contributed by atoms with E-state index in [1.165, 1.54) is 32.2 Å². The summed E-state index contributed by atoms with van der Waals surface area (Å²) >= 11 is 0. The quantitative estimate of drug-likeness (QED) is 0.302. The molecule has 15 nitrogen and oxygen atoms in total. The summed E-state index contributed by atoms with van der Waals surface area (Å²) in [6.07, 6.45) is 1.42. The van der Waals surface area contributed by atoms with E-state index >= 15 is 0 Å². The lowest BCUT2D eigenvalue weighted by Gasteiger charge is -2.25. The molecule has 1 amide bonds. The van der Waals surface area contributed by atoms with Gasteiger partial charge >= 0.3 is 0 Å². The van der Waals surface area contributed by atoms with E-state index in [1.54, 1.807) is 12.1 Å². The third-order valence-electron chi connectivity index (χ3n) is 5.23. The molecule has 186 valence electrons. The first-order valence-corrected chi connectivity index (χ1v) is 10.5. The van der Waals surface area contributed by atoms with Crippen molar-refractivity contribution in [3.63, 3.8) is 0 Å². The molecular weight excluding hydrogens is 462 g/mol. The van der Waals surface area contributed by atoms with Crippen molar-refractivity contribution in [2.24, 2.45) is 5.10 Å². The molecular formula is C20H25N9O6. The number of morpholine rings is 1. The van der Waals surface area contributed by atoms with Crippen molar-refractivity contribution in [3.8, 4) is 23.1 Å². The number of hydrogen-bond acceptors (Lipinski definition) is 13. The van der Waals surface area contributed by atoms with Gasteiger partial charge in [-0.3, -0.25) is 9.69 Å². The monoisotopic (exact) mass is 487 g/mol. The van der Waals surface area contributed by atoms with Gasteiger partial charge in [0.15, 0.2) is 17.2 Å². The van der Waals surface area contributed by atoms with Gasteiger partial charge < -0.3 is 24.7 Å². The normalized spacial score (nSPS) is 14.3. The Morgan fingerprint density at radius 3 is 2.60 bits per heavy atom. The van der Waals surface area contributed by atoms with E-state index < -0.39 is 5.91 Å². The Kier molecular flexibility index (Phi) is 7.37. The van der Waals surface area contributed by atoms with Gasteiger partial charge in [-0.05, 0) is 22.4 Å². The van der Waals surface area contributed by atoms with Crippen molar-refractivity contribution in [1.29, 1.82) is 0 Å². The summed E-state index contributed by atoms with van der Waals surface area (Å²) in [4.78, 5) is 15.3. The zero-order chi connectivity index (χ0) is 24.8. The van der Waals surface area contributed by atoms with E-state index in [0.717, 1.165) is 0 Å². The van der Waals surface area contributed by atoms with Crippen LogP contribution in [0, 0.1) is 0 Å². The fourth-order valence-electron chi connectivity index (χ4n) is 3.54. The van der Waals surface area contributed by atoms with Gasteiger partial charge in [0.2, 0.25) is 17.4 Å². The van der Waals surface area contributed by atoms with E-state index in [1.807, 2.05) is 0 Å². The van der Waals surface area contributed by atoms with E-state index in [4.69, 9.17) is 24.7 Å². The van der Waals surface area contributed by atoms with Crippen LogP contribution < -0.4 is 25.4 Å². The molecule has 0 unspecified atom stereocenters. The molecule has 2 aromatic heterocycles. The molecule has 1 aromatic carbocycles. The van der Waals surface area contributed by atoms with Crippen molar-refractivity contribution < 1.29 is 28.4 Å². The number of amides is 1. The second kappa shape index (κ2) is 10.8. The lowest BCUT2D eigenvalue weighted by atomic mass is 10.2. The molecule has 1 fully saturated rings. The van der Waals surface area contributed by atoms with Crippen LogP contribution in [0.3, 0.4) is 0 Å². The Bertz CT molecular complexity index is 1200. The minimum atomic E-state index is -0.587. The molecule has 3 N–H and O–H groups in total. The number of methoxy groups -OCH3 is 3. The Balaban J connectivity index is 1.60. The van der Waals surface area contributed by atoms with Crippen LogP contribution in [0.15, 0.2) is 21.9 Å². The molecule has 1 aliphatic heterocycles. The maximum atomic E-state index is 13.2. The van der Waals surface area contributed by atoms with Crippen LogP contribution in [0.4, 0.5) is 5.82 Å². The number of nitrogen functional groups attached to an aromatic ring is 1. The van der Waals surface area contributed by atoms with Crippen LogP contribution in [0.25, 0.3) is 5.82 Å². The summed E-state index contributed by atoms with van der Waals surface area (Å²) in [5.74, 6) is 0.700. The maximum absolute atomic E-state index is 13.2. The molecule has 3 heterocycles. The summed E-state index contributed by atoms with van der Waals surface area (Å²) < 4.78 is 27.3. The number of nitrogens with zero attached hydrogens (tertiary/aromatic N) is 7. The van der Waals surface area contributed by atoms with Crippen molar-refractivity contribution in [2.45, 2.75) is 6.54 Å². The average molecular weight is 487 g/mol. The highest BCUT2D eigenvalue weighted by molar-refractivity contribution is 5.95. The summed E-state index contributed by atoms with van der Waals surface area (Å²) in [6, 6.07) is 3.41. The van der Waals surface area contributed by atoms with Crippen LogP contribution in [-0.4, -0.2) is 90.0 Å². The van der Waals surface area contributed by atoms with Gasteiger partial charge in [-0.2, -0.15) is 9.78 Å². The predicted molar refractivity (Wildman–Crippen MR) is 121 cm³/mol. The molecule has 35 heavy (non-hydrogen) atoms. The fraction of sp³-hybridized carbons (Fsp3) is 0.400. The molecule has 4 rings (SSSR count). The van der Waals surface area contributed by atoms with Crippen molar-refractivity contribution >= 4 is 17.9 Å². The highest BCUT2D eigenvalue weighted by Crippen LogP contribution is 2.38. The lowest BCUT2D eigenvalue weighted by molar-refractivity contribution is 0.0335. The molecule has 0 spiro atoms. The first-order valence-electron chi connectivity index (χ1n) is 10.5. The number of ether oxygens (including phenoxy) is 4. The Labute approximate surface area is 199 Å². The van der Waals surface area contributed by atoms with E-state index in [2.05, 4.69) is 40.7 Å². The number of benzene rings is 1. The third kappa shape index (κ3) is 4.99. The standard InChI is InChI=1S/C20H25N9O6/c1-31-14-5-4-12(16(32-2)17(14)33-3)10-22-24-20(30)15-13(11-28-6-8-34-9-7-28)23-27-29(15)19-18(21)25-35-26-19/h4-5,10H,6-9,11H2,1-3H3,(H2,21,25)(H,24,30)/b22-10-. The van der Waals surface area contributed by atoms with Gasteiger partial charge in [0, 0.05) is 25.2 Å². The van der Waals surface area contributed by atoms with Gasteiger partial charge in [0.1, 0.15) is 5.69 Å². The summed E-state index contributed by atoms with van der Waals surface area (Å²) in [6.45, 7) is 2.93. The molecule has 0 saturated carbocycles. The number of anilines is 1. The Morgan fingerprint density at radius 1 is 1.17 bits per heavy atom. The molecule has 1 saturated heterocycles. The number of aromatic nitrogens is 5. The highest BCUT2D eigenvalue weighted by atomic mass is 16.6. The summed E-state index contributed by atoms with van der Waals surface area (Å²) in [7, 11) is 4.51. The van der Waals surface area contributed by atoms with E-state index in [0.29, 0.717) is 61.4 Å². The SMILES string of the molecule is COc1ccc(/C=N\NC(=O)c2c(CN3CCOCC3)nnn2-c2nonc2N)c(OC)c1OC. The highest BCUT2D eigenvalue weighted by Gasteiger charge is 2.26. The Hall–Kier alpha value is -4.24. The fourth-order valence-corrected chi connectivity index (χ4v) is 3.54. The van der Waals surface area contributed by atoms with Gasteiger partial charge in [-0.1, -0.05) is 5.21 Å². The Morgan fingerprint density at radius 2 is 1.94 bits per heavy atom. The largest absolute Gasteiger partial charge is 0.493 e. The number of nitrogens with two attached hydrogens (primary N) is 1. The molecule has 3 aromatic rings. The number of nitrogens with one attached hydrogen (secondary N) is 1.